The Labute approximate surface area is 249 Å². The number of halogens is 8. The first kappa shape index (κ1) is 32.9. The predicted molar refractivity (Wildman–Crippen MR) is 142 cm³/mol. The van der Waals surface area contributed by atoms with E-state index in [1.165, 1.54) is 11.8 Å². The Morgan fingerprint density at radius 3 is 2.18 bits per heavy atom. The van der Waals surface area contributed by atoms with E-state index in [4.69, 9.17) is 0 Å². The average molecular weight is 676 g/mol. The number of amides is 1. The Hall–Kier alpha value is -2.49. The van der Waals surface area contributed by atoms with Gasteiger partial charge in [0.2, 0.25) is 5.91 Å². The Morgan fingerprint density at radius 2 is 1.64 bits per heavy atom. The van der Waals surface area contributed by atoms with Gasteiger partial charge in [-0.1, -0.05) is 24.6 Å². The SMILES string of the molecule is CC12CC=C(C(F)(C(F)(F)F)C(F)(F)F)C=C1CC[C@H]1N(C(=O)CC3CCS(=O)(=O)C3)CC[C@]12S(=O)(=O)c1ccc(F)cc1. The number of rotatable bonds is 5. The number of nitrogens with zero attached hydrogens (tertiary/aromatic N) is 1. The molecule has 244 valence electrons. The number of fused-ring (bicyclic) bond motifs is 3. The van der Waals surface area contributed by atoms with Gasteiger partial charge in [-0.05, 0) is 62.3 Å². The molecule has 2 aliphatic heterocycles. The number of hydrogen-bond donors (Lipinski definition) is 0. The molecule has 2 aliphatic carbocycles. The van der Waals surface area contributed by atoms with Crippen molar-refractivity contribution in [2.75, 3.05) is 18.1 Å². The number of carbonyl (C=O) groups excluding carboxylic acids is 1. The molecule has 1 amide bonds. The second-order valence-corrected chi connectivity index (χ2v) is 16.7. The molecule has 4 atom stereocenters. The van der Waals surface area contributed by atoms with Crippen LogP contribution < -0.4 is 0 Å². The zero-order chi connectivity index (χ0) is 32.7. The number of benzene rings is 1. The highest BCUT2D eigenvalue weighted by Crippen LogP contribution is 2.64. The highest BCUT2D eigenvalue weighted by Gasteiger charge is 2.75. The summed E-state index contributed by atoms with van der Waals surface area (Å²) in [5.74, 6) is -2.07. The highest BCUT2D eigenvalue weighted by molar-refractivity contribution is 7.93. The summed E-state index contributed by atoms with van der Waals surface area (Å²) in [5.41, 5.74) is -9.21. The number of carbonyl (C=O) groups is 1. The topological polar surface area (TPSA) is 88.6 Å². The van der Waals surface area contributed by atoms with E-state index in [0.29, 0.717) is 12.2 Å². The van der Waals surface area contributed by atoms with Crippen LogP contribution in [0.5, 0.6) is 0 Å². The van der Waals surface area contributed by atoms with Crippen LogP contribution in [0, 0.1) is 17.2 Å². The van der Waals surface area contributed by atoms with Gasteiger partial charge in [-0.3, -0.25) is 4.79 Å². The molecular formula is C28H29F8NO5S2. The van der Waals surface area contributed by atoms with Crippen LogP contribution in [0.3, 0.4) is 0 Å². The fourth-order valence-corrected chi connectivity index (χ4v) is 12.2. The third kappa shape index (κ3) is 4.71. The first-order valence-corrected chi connectivity index (χ1v) is 17.2. The number of sulfone groups is 2. The second-order valence-electron chi connectivity index (χ2n) is 12.2. The van der Waals surface area contributed by atoms with Gasteiger partial charge in [-0.2, -0.15) is 26.3 Å². The monoisotopic (exact) mass is 675 g/mol. The molecule has 0 bridgehead atoms. The summed E-state index contributed by atoms with van der Waals surface area (Å²) in [4.78, 5) is 14.5. The highest BCUT2D eigenvalue weighted by atomic mass is 32.2. The van der Waals surface area contributed by atoms with Crippen molar-refractivity contribution in [1.29, 1.82) is 0 Å². The van der Waals surface area contributed by atoms with Crippen LogP contribution in [0.4, 0.5) is 35.1 Å². The van der Waals surface area contributed by atoms with E-state index in [0.717, 1.165) is 24.3 Å². The lowest BCUT2D eigenvalue weighted by atomic mass is 9.57. The lowest BCUT2D eigenvalue weighted by Crippen LogP contribution is -2.64. The van der Waals surface area contributed by atoms with E-state index >= 15 is 4.39 Å². The smallest absolute Gasteiger partial charge is 0.338 e. The maximum absolute atomic E-state index is 15.1. The minimum absolute atomic E-state index is 0.0932. The standard InChI is InChI=1S/C28H29F8NO5S2/c1-24-10-8-19(26(30,27(31,32)33)28(34,35)36)15-18(24)2-7-22-25(24,44(41,42)21-5-3-20(29)4-6-21)11-12-37(22)23(38)14-17-9-13-43(39,40)16-17/h3-6,8,15,17,22H,2,7,9-14,16H2,1H3/t17?,22-,24?,25+/m1/s1. The van der Waals surface area contributed by atoms with E-state index in [-0.39, 0.29) is 60.6 Å². The summed E-state index contributed by atoms with van der Waals surface area (Å²) in [6.07, 6.45) is -13.2. The van der Waals surface area contributed by atoms with Crippen LogP contribution in [0.1, 0.15) is 45.4 Å². The molecule has 3 fully saturated rings. The molecule has 6 nitrogen and oxygen atoms in total. The number of allylic oxidation sites excluding steroid dienone is 4. The van der Waals surface area contributed by atoms with Crippen molar-refractivity contribution in [2.45, 2.75) is 79.2 Å². The van der Waals surface area contributed by atoms with Crippen molar-refractivity contribution < 1.29 is 56.8 Å². The van der Waals surface area contributed by atoms with Crippen LogP contribution in [0.15, 0.2) is 52.5 Å². The third-order valence-electron chi connectivity index (χ3n) is 9.92. The molecule has 1 saturated carbocycles. The second kappa shape index (κ2) is 10.3. The van der Waals surface area contributed by atoms with Gasteiger partial charge < -0.3 is 4.90 Å². The van der Waals surface area contributed by atoms with Crippen LogP contribution >= 0.6 is 0 Å². The van der Waals surface area contributed by atoms with Crippen LogP contribution in [0.25, 0.3) is 0 Å². The fourth-order valence-electron chi connectivity index (χ4n) is 7.69. The van der Waals surface area contributed by atoms with Crippen LogP contribution in [-0.2, 0) is 24.5 Å². The van der Waals surface area contributed by atoms with Gasteiger partial charge in [0.05, 0.1) is 22.4 Å². The molecule has 44 heavy (non-hydrogen) atoms. The summed E-state index contributed by atoms with van der Waals surface area (Å²) in [5, 5.41) is 0. The maximum atomic E-state index is 15.1. The third-order valence-corrected chi connectivity index (χ3v) is 14.5. The average Bonchev–Trinajstić information content (AvgIpc) is 3.48. The Balaban J connectivity index is 1.61. The molecule has 0 radical (unpaired) electrons. The van der Waals surface area contributed by atoms with Gasteiger partial charge in [-0.15, -0.1) is 0 Å². The van der Waals surface area contributed by atoms with Gasteiger partial charge in [0.15, 0.2) is 19.7 Å². The minimum Gasteiger partial charge on any atom is -0.338 e. The molecule has 0 aromatic heterocycles. The van der Waals surface area contributed by atoms with E-state index < -0.39 is 83.5 Å². The van der Waals surface area contributed by atoms with E-state index in [1.807, 2.05) is 0 Å². The van der Waals surface area contributed by atoms with Gasteiger partial charge in [0, 0.05) is 24.0 Å². The number of hydrogen-bond acceptors (Lipinski definition) is 5. The minimum atomic E-state index is -6.36. The van der Waals surface area contributed by atoms with Gasteiger partial charge in [0.1, 0.15) is 10.6 Å². The van der Waals surface area contributed by atoms with Crippen molar-refractivity contribution in [3.63, 3.8) is 0 Å². The summed E-state index contributed by atoms with van der Waals surface area (Å²) >= 11 is 0. The van der Waals surface area contributed by atoms with Crippen molar-refractivity contribution in [3.05, 3.63) is 53.4 Å². The Kier molecular flexibility index (Phi) is 7.67. The fraction of sp³-hybridized carbons (Fsp3) is 0.607. The molecule has 2 saturated heterocycles. The molecule has 1 aromatic carbocycles. The first-order valence-electron chi connectivity index (χ1n) is 13.8. The lowest BCUT2D eigenvalue weighted by molar-refractivity contribution is -0.325. The number of alkyl halides is 7. The van der Waals surface area contributed by atoms with E-state index in [9.17, 15) is 52.4 Å². The molecular weight excluding hydrogens is 646 g/mol. The van der Waals surface area contributed by atoms with Crippen LogP contribution in [0.2, 0.25) is 0 Å². The molecule has 1 aromatic rings. The van der Waals surface area contributed by atoms with Crippen LogP contribution in [-0.4, -0.2) is 74.5 Å². The van der Waals surface area contributed by atoms with E-state index in [2.05, 4.69) is 0 Å². The zero-order valence-electron chi connectivity index (χ0n) is 23.3. The summed E-state index contributed by atoms with van der Waals surface area (Å²) in [6, 6.07) is 2.68. The summed E-state index contributed by atoms with van der Waals surface area (Å²) < 4.78 is 162. The van der Waals surface area contributed by atoms with Gasteiger partial charge in [0.25, 0.3) is 0 Å². The molecule has 2 unspecified atom stereocenters. The molecule has 2 heterocycles. The van der Waals surface area contributed by atoms with Crippen molar-refractivity contribution in [3.8, 4) is 0 Å². The molecule has 4 aliphatic rings. The zero-order valence-corrected chi connectivity index (χ0v) is 24.9. The normalized spacial score (nSPS) is 30.8. The first-order chi connectivity index (χ1) is 20.1. The lowest BCUT2D eigenvalue weighted by Gasteiger charge is -2.55. The van der Waals surface area contributed by atoms with Gasteiger partial charge in [-0.25, -0.2) is 25.6 Å². The summed E-state index contributed by atoms with van der Waals surface area (Å²) in [7, 11) is -7.92. The maximum Gasteiger partial charge on any atom is 0.435 e. The van der Waals surface area contributed by atoms with Crippen molar-refractivity contribution >= 4 is 25.6 Å². The quantitative estimate of drug-likeness (QED) is 0.297. The number of likely N-dealkylation sites (tertiary alicyclic amines) is 1. The largest absolute Gasteiger partial charge is 0.435 e. The molecule has 5 rings (SSSR count). The van der Waals surface area contributed by atoms with Crippen molar-refractivity contribution in [1.82, 2.24) is 4.90 Å². The molecule has 0 N–H and O–H groups in total. The predicted octanol–water partition coefficient (Wildman–Crippen LogP) is 5.65. The van der Waals surface area contributed by atoms with E-state index in [1.54, 1.807) is 0 Å². The Bertz CT molecular complexity index is 1620. The molecule has 0 spiro atoms. The van der Waals surface area contributed by atoms with Gasteiger partial charge >= 0.3 is 18.0 Å². The Morgan fingerprint density at radius 1 is 1.02 bits per heavy atom. The summed E-state index contributed by atoms with van der Waals surface area (Å²) in [6.45, 7) is 1.24. The van der Waals surface area contributed by atoms with Crippen molar-refractivity contribution in [2.24, 2.45) is 11.3 Å². The molecule has 16 heteroatoms.